The van der Waals surface area contributed by atoms with Gasteiger partial charge < -0.3 is 5.11 Å². The van der Waals surface area contributed by atoms with Crippen molar-refractivity contribution in [1.82, 2.24) is 4.90 Å². The Balaban J connectivity index is 1.84. The first-order valence-corrected chi connectivity index (χ1v) is 6.54. The lowest BCUT2D eigenvalue weighted by atomic mass is 10.0. The van der Waals surface area contributed by atoms with Crippen molar-refractivity contribution >= 4 is 11.3 Å². The lowest BCUT2D eigenvalue weighted by Gasteiger charge is -2.28. The highest BCUT2D eigenvalue weighted by molar-refractivity contribution is 7.07. The fourth-order valence-electron chi connectivity index (χ4n) is 2.44. The summed E-state index contributed by atoms with van der Waals surface area (Å²) in [4.78, 5) is 2.23. The molecule has 0 atom stereocenters. The molecule has 1 aromatic heterocycles. The lowest BCUT2D eigenvalue weighted by molar-refractivity contribution is 0.0145. The summed E-state index contributed by atoms with van der Waals surface area (Å²) >= 11 is 1.73. The highest BCUT2D eigenvalue weighted by Gasteiger charge is 2.31. The van der Waals surface area contributed by atoms with Crippen LogP contribution in [0.2, 0.25) is 0 Å². The summed E-state index contributed by atoms with van der Waals surface area (Å²) in [7, 11) is 2.09. The molecule has 1 saturated carbocycles. The number of thiophene rings is 1. The summed E-state index contributed by atoms with van der Waals surface area (Å²) in [6.45, 7) is 1.76. The molecule has 1 aromatic rings. The molecule has 84 valence electrons. The predicted octanol–water partition coefficient (Wildman–Crippen LogP) is 2.49. The van der Waals surface area contributed by atoms with Crippen LogP contribution in [-0.2, 0) is 6.54 Å². The van der Waals surface area contributed by atoms with Crippen LogP contribution in [0.25, 0.3) is 0 Å². The number of aliphatic hydroxyl groups is 1. The van der Waals surface area contributed by atoms with E-state index in [-0.39, 0.29) is 0 Å². The van der Waals surface area contributed by atoms with Gasteiger partial charge in [-0.2, -0.15) is 11.3 Å². The standard InChI is InChI=1S/C12H19NOS/c1-13(8-11-4-7-15-9-11)10-12(14)5-2-3-6-12/h4,7,9,14H,2-3,5-6,8,10H2,1H3. The molecule has 0 radical (unpaired) electrons. The van der Waals surface area contributed by atoms with E-state index < -0.39 is 5.60 Å². The van der Waals surface area contributed by atoms with Gasteiger partial charge >= 0.3 is 0 Å². The van der Waals surface area contributed by atoms with Gasteiger partial charge in [-0.3, -0.25) is 4.90 Å². The Bertz CT molecular complexity index is 291. The van der Waals surface area contributed by atoms with Crippen LogP contribution in [0, 0.1) is 0 Å². The molecule has 1 aliphatic rings. The minimum absolute atomic E-state index is 0.412. The monoisotopic (exact) mass is 225 g/mol. The van der Waals surface area contributed by atoms with E-state index in [1.807, 2.05) is 0 Å². The minimum Gasteiger partial charge on any atom is -0.389 e. The van der Waals surface area contributed by atoms with Crippen LogP contribution >= 0.6 is 11.3 Å². The summed E-state index contributed by atoms with van der Waals surface area (Å²) in [5.41, 5.74) is 0.939. The molecule has 2 rings (SSSR count). The largest absolute Gasteiger partial charge is 0.389 e. The molecule has 0 aromatic carbocycles. The van der Waals surface area contributed by atoms with Gasteiger partial charge in [0.15, 0.2) is 0 Å². The van der Waals surface area contributed by atoms with E-state index in [1.165, 1.54) is 18.4 Å². The van der Waals surface area contributed by atoms with Crippen LogP contribution in [0.15, 0.2) is 16.8 Å². The first kappa shape index (κ1) is 11.1. The minimum atomic E-state index is -0.412. The quantitative estimate of drug-likeness (QED) is 0.851. The Labute approximate surface area is 95.5 Å². The van der Waals surface area contributed by atoms with Gasteiger partial charge in [-0.05, 0) is 42.3 Å². The SMILES string of the molecule is CN(Cc1ccsc1)CC1(O)CCCC1. The second kappa shape index (κ2) is 4.64. The molecule has 1 heterocycles. The van der Waals surface area contributed by atoms with Crippen molar-refractivity contribution in [2.45, 2.75) is 37.8 Å². The van der Waals surface area contributed by atoms with E-state index in [9.17, 15) is 5.11 Å². The summed E-state index contributed by atoms with van der Waals surface area (Å²) in [5, 5.41) is 14.5. The number of rotatable bonds is 4. The van der Waals surface area contributed by atoms with E-state index in [2.05, 4.69) is 28.8 Å². The van der Waals surface area contributed by atoms with Crippen molar-refractivity contribution in [1.29, 1.82) is 0 Å². The summed E-state index contributed by atoms with van der Waals surface area (Å²) in [5.74, 6) is 0. The highest BCUT2D eigenvalue weighted by Crippen LogP contribution is 2.30. The second-order valence-corrected chi connectivity index (χ2v) is 5.52. The maximum atomic E-state index is 10.3. The molecular weight excluding hydrogens is 206 g/mol. The molecule has 0 spiro atoms. The smallest absolute Gasteiger partial charge is 0.0774 e. The summed E-state index contributed by atoms with van der Waals surface area (Å²) < 4.78 is 0. The second-order valence-electron chi connectivity index (χ2n) is 4.74. The lowest BCUT2D eigenvalue weighted by Crippen LogP contribution is -2.38. The van der Waals surface area contributed by atoms with Gasteiger partial charge in [-0.15, -0.1) is 0 Å². The van der Waals surface area contributed by atoms with Crippen LogP contribution in [0.5, 0.6) is 0 Å². The fourth-order valence-corrected chi connectivity index (χ4v) is 3.10. The van der Waals surface area contributed by atoms with Gasteiger partial charge in [0.05, 0.1) is 5.60 Å². The maximum absolute atomic E-state index is 10.3. The Kier molecular flexibility index (Phi) is 3.44. The maximum Gasteiger partial charge on any atom is 0.0774 e. The van der Waals surface area contributed by atoms with E-state index in [1.54, 1.807) is 11.3 Å². The van der Waals surface area contributed by atoms with Gasteiger partial charge in [-0.25, -0.2) is 0 Å². The van der Waals surface area contributed by atoms with Crippen molar-refractivity contribution in [3.05, 3.63) is 22.4 Å². The zero-order chi connectivity index (χ0) is 10.7. The van der Waals surface area contributed by atoms with Gasteiger partial charge in [0.2, 0.25) is 0 Å². The molecule has 0 aliphatic heterocycles. The third kappa shape index (κ3) is 3.03. The van der Waals surface area contributed by atoms with E-state index >= 15 is 0 Å². The van der Waals surface area contributed by atoms with Crippen molar-refractivity contribution in [3.8, 4) is 0 Å². The van der Waals surface area contributed by atoms with Gasteiger partial charge in [0, 0.05) is 13.1 Å². The van der Waals surface area contributed by atoms with Crippen LogP contribution in [0.1, 0.15) is 31.2 Å². The van der Waals surface area contributed by atoms with Crippen molar-refractivity contribution in [2.75, 3.05) is 13.6 Å². The van der Waals surface area contributed by atoms with Crippen LogP contribution < -0.4 is 0 Å². The van der Waals surface area contributed by atoms with Crippen LogP contribution in [0.4, 0.5) is 0 Å². The summed E-state index contributed by atoms with van der Waals surface area (Å²) in [6.07, 6.45) is 4.31. The number of nitrogens with zero attached hydrogens (tertiary/aromatic N) is 1. The number of likely N-dealkylation sites (N-methyl/N-ethyl adjacent to an activating group) is 1. The molecule has 0 amide bonds. The fraction of sp³-hybridized carbons (Fsp3) is 0.667. The van der Waals surface area contributed by atoms with E-state index in [0.717, 1.165) is 25.9 Å². The third-order valence-corrected chi connectivity index (χ3v) is 3.86. The molecule has 15 heavy (non-hydrogen) atoms. The Morgan fingerprint density at radius 1 is 1.47 bits per heavy atom. The normalized spacial score (nSPS) is 19.9. The molecular formula is C12H19NOS. The molecule has 3 heteroatoms. The molecule has 0 saturated heterocycles. The number of hydrogen-bond donors (Lipinski definition) is 1. The third-order valence-electron chi connectivity index (χ3n) is 3.13. The van der Waals surface area contributed by atoms with E-state index in [4.69, 9.17) is 0 Å². The topological polar surface area (TPSA) is 23.5 Å². The zero-order valence-corrected chi connectivity index (χ0v) is 10.1. The molecule has 1 fully saturated rings. The summed E-state index contributed by atoms with van der Waals surface area (Å²) in [6, 6.07) is 2.15. The first-order valence-electron chi connectivity index (χ1n) is 5.60. The average molecular weight is 225 g/mol. The first-order chi connectivity index (χ1) is 7.18. The van der Waals surface area contributed by atoms with Crippen LogP contribution in [0.3, 0.4) is 0 Å². The Morgan fingerprint density at radius 2 is 2.20 bits per heavy atom. The van der Waals surface area contributed by atoms with Crippen molar-refractivity contribution < 1.29 is 5.11 Å². The van der Waals surface area contributed by atoms with E-state index in [0.29, 0.717) is 0 Å². The molecule has 2 nitrogen and oxygen atoms in total. The average Bonchev–Trinajstić information content (AvgIpc) is 2.76. The highest BCUT2D eigenvalue weighted by atomic mass is 32.1. The molecule has 0 unspecified atom stereocenters. The van der Waals surface area contributed by atoms with Gasteiger partial charge in [-0.1, -0.05) is 12.8 Å². The van der Waals surface area contributed by atoms with Crippen molar-refractivity contribution in [2.24, 2.45) is 0 Å². The zero-order valence-electron chi connectivity index (χ0n) is 9.28. The molecule has 1 aliphatic carbocycles. The predicted molar refractivity (Wildman–Crippen MR) is 64.1 cm³/mol. The number of hydrogen-bond acceptors (Lipinski definition) is 3. The Hall–Kier alpha value is -0.380. The van der Waals surface area contributed by atoms with Crippen LogP contribution in [-0.4, -0.2) is 29.2 Å². The molecule has 1 N–H and O–H groups in total. The molecule has 0 bridgehead atoms. The van der Waals surface area contributed by atoms with Crippen molar-refractivity contribution in [3.63, 3.8) is 0 Å². The van der Waals surface area contributed by atoms with Gasteiger partial charge in [0.25, 0.3) is 0 Å². The van der Waals surface area contributed by atoms with Gasteiger partial charge in [0.1, 0.15) is 0 Å². The Morgan fingerprint density at radius 3 is 2.80 bits per heavy atom.